The molecule has 98 valence electrons. The average Bonchev–Trinajstić information content (AvgIpc) is 2.24. The first-order valence-corrected chi connectivity index (χ1v) is 6.03. The van der Waals surface area contributed by atoms with Gasteiger partial charge in [-0.2, -0.15) is 0 Å². The molecule has 0 bridgehead atoms. The fourth-order valence-corrected chi connectivity index (χ4v) is 1.95. The van der Waals surface area contributed by atoms with E-state index in [2.05, 4.69) is 26.6 Å². The first-order chi connectivity index (χ1) is 8.31. The number of urea groups is 1. The third-order valence-electron chi connectivity index (χ3n) is 2.36. The third kappa shape index (κ3) is 3.63. The van der Waals surface area contributed by atoms with Gasteiger partial charge in [-0.3, -0.25) is 4.79 Å². The van der Waals surface area contributed by atoms with E-state index in [1.54, 1.807) is 6.07 Å². The van der Waals surface area contributed by atoms with Crippen LogP contribution >= 0.6 is 15.9 Å². The smallest absolute Gasteiger partial charge is 0.312 e. The normalized spacial score (nSPS) is 11.7. The lowest BCUT2D eigenvalue weighted by Gasteiger charge is -2.15. The summed E-state index contributed by atoms with van der Waals surface area (Å²) in [5, 5.41) is 4.92. The summed E-state index contributed by atoms with van der Waals surface area (Å²) in [5.74, 6) is -0.391. The van der Waals surface area contributed by atoms with Crippen molar-refractivity contribution in [2.75, 3.05) is 11.1 Å². The standard InChI is InChI=1S/C11H15BrN4O2/c1-5-3-7(12)4-8(9(5)13)16-10(17)6(2)15-11(14)18/h3-4,6H,13H2,1-2H3,(H,16,17)(H3,14,15,18). The van der Waals surface area contributed by atoms with E-state index in [-0.39, 0.29) is 0 Å². The molecule has 0 heterocycles. The Bertz CT molecular complexity index is 490. The first kappa shape index (κ1) is 14.3. The van der Waals surface area contributed by atoms with Crippen molar-refractivity contribution in [3.63, 3.8) is 0 Å². The van der Waals surface area contributed by atoms with Crippen LogP contribution in [0.25, 0.3) is 0 Å². The number of benzene rings is 1. The second-order valence-corrected chi connectivity index (χ2v) is 4.82. The maximum Gasteiger partial charge on any atom is 0.312 e. The average molecular weight is 315 g/mol. The fourth-order valence-electron chi connectivity index (χ4n) is 1.38. The van der Waals surface area contributed by atoms with Gasteiger partial charge in [-0.1, -0.05) is 15.9 Å². The van der Waals surface area contributed by atoms with Crippen molar-refractivity contribution in [3.05, 3.63) is 22.2 Å². The SMILES string of the molecule is Cc1cc(Br)cc(NC(=O)C(C)NC(N)=O)c1N. The van der Waals surface area contributed by atoms with E-state index in [0.29, 0.717) is 11.4 Å². The van der Waals surface area contributed by atoms with E-state index < -0.39 is 18.0 Å². The van der Waals surface area contributed by atoms with Gasteiger partial charge in [-0.05, 0) is 31.5 Å². The molecule has 7 heteroatoms. The van der Waals surface area contributed by atoms with Gasteiger partial charge in [0.15, 0.2) is 0 Å². The Balaban J connectivity index is 2.85. The van der Waals surface area contributed by atoms with E-state index in [1.807, 2.05) is 13.0 Å². The van der Waals surface area contributed by atoms with Crippen LogP contribution in [0.15, 0.2) is 16.6 Å². The summed E-state index contributed by atoms with van der Waals surface area (Å²) in [5.41, 5.74) is 12.6. The van der Waals surface area contributed by atoms with Crippen molar-refractivity contribution in [1.82, 2.24) is 5.32 Å². The number of amides is 3. The van der Waals surface area contributed by atoms with Crippen LogP contribution in [0.2, 0.25) is 0 Å². The molecule has 1 unspecified atom stereocenters. The molecule has 6 nitrogen and oxygen atoms in total. The largest absolute Gasteiger partial charge is 0.397 e. The van der Waals surface area contributed by atoms with Crippen LogP contribution in [0.4, 0.5) is 16.2 Å². The van der Waals surface area contributed by atoms with E-state index in [1.165, 1.54) is 6.92 Å². The highest BCUT2D eigenvalue weighted by Gasteiger charge is 2.15. The maximum absolute atomic E-state index is 11.8. The topological polar surface area (TPSA) is 110 Å². The number of hydrogen-bond donors (Lipinski definition) is 4. The summed E-state index contributed by atoms with van der Waals surface area (Å²) in [6.07, 6.45) is 0. The molecule has 1 aromatic rings. The summed E-state index contributed by atoms with van der Waals surface area (Å²) < 4.78 is 0.806. The Hall–Kier alpha value is -1.76. The van der Waals surface area contributed by atoms with Gasteiger partial charge in [0.1, 0.15) is 6.04 Å². The molecular weight excluding hydrogens is 300 g/mol. The van der Waals surface area contributed by atoms with Crippen molar-refractivity contribution >= 4 is 39.2 Å². The monoisotopic (exact) mass is 314 g/mol. The minimum atomic E-state index is -0.754. The summed E-state index contributed by atoms with van der Waals surface area (Å²) in [6.45, 7) is 3.36. The first-order valence-electron chi connectivity index (χ1n) is 5.23. The lowest BCUT2D eigenvalue weighted by molar-refractivity contribution is -0.117. The Morgan fingerprint density at radius 2 is 2.00 bits per heavy atom. The molecule has 6 N–H and O–H groups in total. The van der Waals surface area contributed by atoms with Gasteiger partial charge in [0.05, 0.1) is 11.4 Å². The van der Waals surface area contributed by atoms with Crippen molar-refractivity contribution < 1.29 is 9.59 Å². The highest BCUT2D eigenvalue weighted by Crippen LogP contribution is 2.27. The molecular formula is C11H15BrN4O2. The second kappa shape index (κ2) is 5.72. The summed E-state index contributed by atoms with van der Waals surface area (Å²) in [6, 6.07) is 2.05. The Kier molecular flexibility index (Phi) is 4.55. The van der Waals surface area contributed by atoms with Crippen LogP contribution in [0.1, 0.15) is 12.5 Å². The number of nitrogens with one attached hydrogen (secondary N) is 2. The molecule has 0 radical (unpaired) electrons. The van der Waals surface area contributed by atoms with Gasteiger partial charge in [0, 0.05) is 4.47 Å². The summed E-state index contributed by atoms with van der Waals surface area (Å²) >= 11 is 3.32. The van der Waals surface area contributed by atoms with Gasteiger partial charge in [0.25, 0.3) is 0 Å². The molecule has 18 heavy (non-hydrogen) atoms. The quantitative estimate of drug-likeness (QED) is 0.632. The van der Waals surface area contributed by atoms with Gasteiger partial charge >= 0.3 is 6.03 Å². The number of nitrogen functional groups attached to an aromatic ring is 1. The number of carbonyl (C=O) groups is 2. The van der Waals surface area contributed by atoms with Crippen molar-refractivity contribution in [1.29, 1.82) is 0 Å². The lowest BCUT2D eigenvalue weighted by atomic mass is 10.1. The summed E-state index contributed by atoms with van der Waals surface area (Å²) in [4.78, 5) is 22.4. The van der Waals surface area contributed by atoms with Gasteiger partial charge in [0.2, 0.25) is 5.91 Å². The Labute approximate surface area is 113 Å². The molecule has 0 spiro atoms. The summed E-state index contributed by atoms with van der Waals surface area (Å²) in [7, 11) is 0. The number of halogens is 1. The Morgan fingerprint density at radius 3 is 2.56 bits per heavy atom. The Morgan fingerprint density at radius 1 is 1.39 bits per heavy atom. The number of carbonyl (C=O) groups excluding carboxylic acids is 2. The molecule has 0 saturated carbocycles. The van der Waals surface area contributed by atoms with E-state index >= 15 is 0 Å². The minimum Gasteiger partial charge on any atom is -0.397 e. The predicted octanol–water partition coefficient (Wildman–Crippen LogP) is 1.34. The number of hydrogen-bond acceptors (Lipinski definition) is 3. The van der Waals surface area contributed by atoms with Gasteiger partial charge in [-0.25, -0.2) is 4.79 Å². The van der Waals surface area contributed by atoms with Crippen molar-refractivity contribution in [2.45, 2.75) is 19.9 Å². The van der Waals surface area contributed by atoms with Crippen LogP contribution in [-0.4, -0.2) is 18.0 Å². The highest BCUT2D eigenvalue weighted by molar-refractivity contribution is 9.10. The van der Waals surface area contributed by atoms with Crippen LogP contribution in [0.5, 0.6) is 0 Å². The molecule has 0 aliphatic rings. The van der Waals surface area contributed by atoms with E-state index in [0.717, 1.165) is 10.0 Å². The highest BCUT2D eigenvalue weighted by atomic mass is 79.9. The lowest BCUT2D eigenvalue weighted by Crippen LogP contribution is -2.44. The molecule has 0 aromatic heterocycles. The van der Waals surface area contributed by atoms with Gasteiger partial charge < -0.3 is 22.1 Å². The van der Waals surface area contributed by atoms with Crippen LogP contribution < -0.4 is 22.1 Å². The number of anilines is 2. The molecule has 0 aliphatic heterocycles. The van der Waals surface area contributed by atoms with Crippen LogP contribution in [-0.2, 0) is 4.79 Å². The molecule has 1 rings (SSSR count). The third-order valence-corrected chi connectivity index (χ3v) is 2.82. The molecule has 0 saturated heterocycles. The van der Waals surface area contributed by atoms with Crippen LogP contribution in [0.3, 0.4) is 0 Å². The molecule has 0 fully saturated rings. The molecule has 0 aliphatic carbocycles. The molecule has 1 aromatic carbocycles. The van der Waals surface area contributed by atoms with E-state index in [4.69, 9.17) is 11.5 Å². The minimum absolute atomic E-state index is 0.391. The zero-order chi connectivity index (χ0) is 13.9. The predicted molar refractivity (Wildman–Crippen MR) is 74.1 cm³/mol. The molecule has 1 atom stereocenters. The number of nitrogens with two attached hydrogens (primary N) is 2. The number of aryl methyl sites for hydroxylation is 1. The van der Waals surface area contributed by atoms with Crippen molar-refractivity contribution in [3.8, 4) is 0 Å². The van der Waals surface area contributed by atoms with Crippen LogP contribution in [0, 0.1) is 6.92 Å². The second-order valence-electron chi connectivity index (χ2n) is 3.90. The van der Waals surface area contributed by atoms with E-state index in [9.17, 15) is 9.59 Å². The fraction of sp³-hybridized carbons (Fsp3) is 0.273. The van der Waals surface area contributed by atoms with Crippen molar-refractivity contribution in [2.24, 2.45) is 5.73 Å². The number of rotatable bonds is 3. The number of primary amides is 1. The maximum atomic E-state index is 11.8. The zero-order valence-electron chi connectivity index (χ0n) is 10.1. The molecule has 3 amide bonds. The van der Waals surface area contributed by atoms with Gasteiger partial charge in [-0.15, -0.1) is 0 Å². The zero-order valence-corrected chi connectivity index (χ0v) is 11.7.